The van der Waals surface area contributed by atoms with Crippen LogP contribution in [-0.4, -0.2) is 68.4 Å². The molecule has 1 aromatic carbocycles. The maximum absolute atomic E-state index is 12.1. The van der Waals surface area contributed by atoms with E-state index in [1.165, 1.54) is 4.90 Å². The van der Waals surface area contributed by atoms with Crippen LogP contribution in [0, 0.1) is 5.41 Å². The fourth-order valence-electron chi connectivity index (χ4n) is 3.96. The summed E-state index contributed by atoms with van der Waals surface area (Å²) in [6, 6.07) is 5.25. The van der Waals surface area contributed by atoms with Crippen LogP contribution >= 0.6 is 0 Å². The van der Waals surface area contributed by atoms with Crippen molar-refractivity contribution < 1.29 is 19.1 Å². The van der Waals surface area contributed by atoms with Gasteiger partial charge in [0.15, 0.2) is 5.79 Å². The van der Waals surface area contributed by atoms with Crippen molar-refractivity contribution >= 4 is 29.1 Å². The maximum atomic E-state index is 12.1. The van der Waals surface area contributed by atoms with Crippen LogP contribution in [0.1, 0.15) is 24.8 Å². The zero-order chi connectivity index (χ0) is 19.7. The Bertz CT molecular complexity index is 796. The molecule has 0 aromatic heterocycles. The molecule has 1 aromatic rings. The number of piperidine rings is 1. The molecule has 0 saturated carbocycles. The van der Waals surface area contributed by atoms with Crippen molar-refractivity contribution in [2.75, 3.05) is 50.1 Å². The average molecular weight is 387 g/mol. The van der Waals surface area contributed by atoms with Crippen LogP contribution in [0.5, 0.6) is 0 Å². The van der Waals surface area contributed by atoms with Crippen molar-refractivity contribution in [3.05, 3.63) is 23.8 Å². The van der Waals surface area contributed by atoms with E-state index in [9.17, 15) is 9.59 Å². The first-order valence-corrected chi connectivity index (χ1v) is 9.56. The van der Waals surface area contributed by atoms with Crippen LogP contribution in [0.3, 0.4) is 0 Å². The maximum Gasteiger partial charge on any atom is 0.329 e. The molecule has 150 valence electrons. The summed E-state index contributed by atoms with van der Waals surface area (Å²) in [5.41, 5.74) is 2.43. The van der Waals surface area contributed by atoms with E-state index in [2.05, 4.69) is 15.5 Å². The largest absolute Gasteiger partial charge is 0.387 e. The number of urea groups is 1. The Labute approximate surface area is 163 Å². The van der Waals surface area contributed by atoms with Gasteiger partial charge in [0.2, 0.25) is 5.91 Å². The molecule has 3 heterocycles. The highest BCUT2D eigenvalue weighted by atomic mass is 16.7. The van der Waals surface area contributed by atoms with Crippen LogP contribution in [0.15, 0.2) is 18.2 Å². The number of imide groups is 1. The number of nitrogens with zero attached hydrogens (tertiary/aromatic N) is 2. The van der Waals surface area contributed by atoms with Gasteiger partial charge in [0.25, 0.3) is 0 Å². The predicted molar refractivity (Wildman–Crippen MR) is 104 cm³/mol. The molecular weight excluding hydrogens is 362 g/mol. The van der Waals surface area contributed by atoms with Gasteiger partial charge in [0.1, 0.15) is 5.84 Å². The van der Waals surface area contributed by atoms with Crippen LogP contribution in [0.4, 0.5) is 16.2 Å². The normalized spacial score (nSPS) is 21.8. The Morgan fingerprint density at radius 3 is 2.54 bits per heavy atom. The Balaban J connectivity index is 1.49. The lowest BCUT2D eigenvalue weighted by Gasteiger charge is -2.39. The fraction of sp³-hybridized carbons (Fsp3) is 0.526. The first-order valence-electron chi connectivity index (χ1n) is 9.56. The van der Waals surface area contributed by atoms with Gasteiger partial charge in [-0.25, -0.2) is 4.79 Å². The molecular formula is C19H25N5O4. The Kier molecular flexibility index (Phi) is 4.94. The quantitative estimate of drug-likeness (QED) is 0.534. The van der Waals surface area contributed by atoms with Crippen molar-refractivity contribution in [1.82, 2.24) is 10.2 Å². The molecule has 0 aliphatic carbocycles. The first kappa shape index (κ1) is 18.7. The number of amides is 3. The van der Waals surface area contributed by atoms with Gasteiger partial charge in [-0.15, -0.1) is 0 Å². The molecule has 0 atom stereocenters. The van der Waals surface area contributed by atoms with Crippen molar-refractivity contribution in [1.29, 1.82) is 5.41 Å². The summed E-state index contributed by atoms with van der Waals surface area (Å²) in [7, 11) is 1.79. The molecule has 0 radical (unpaired) electrons. The topological polar surface area (TPSA) is 107 Å². The summed E-state index contributed by atoms with van der Waals surface area (Å²) < 4.78 is 11.6. The Morgan fingerprint density at radius 2 is 1.89 bits per heavy atom. The molecule has 3 saturated heterocycles. The summed E-state index contributed by atoms with van der Waals surface area (Å²) in [4.78, 5) is 27.0. The van der Waals surface area contributed by atoms with Crippen molar-refractivity contribution in [3.63, 3.8) is 0 Å². The molecule has 0 unspecified atom stereocenters. The van der Waals surface area contributed by atoms with E-state index >= 15 is 0 Å². The third kappa shape index (κ3) is 3.43. The number of hydrogen-bond donors (Lipinski definition) is 3. The lowest BCUT2D eigenvalue weighted by Crippen LogP contribution is -2.52. The number of anilines is 2. The molecule has 3 aliphatic rings. The minimum atomic E-state index is -0.551. The minimum Gasteiger partial charge on any atom is -0.387 e. The van der Waals surface area contributed by atoms with Crippen LogP contribution in [0.25, 0.3) is 0 Å². The molecule has 28 heavy (non-hydrogen) atoms. The third-order valence-corrected chi connectivity index (χ3v) is 5.56. The molecule has 9 heteroatoms. The van der Waals surface area contributed by atoms with Crippen LogP contribution < -0.4 is 15.5 Å². The van der Waals surface area contributed by atoms with Gasteiger partial charge in [-0.2, -0.15) is 0 Å². The summed E-state index contributed by atoms with van der Waals surface area (Å²) in [6.45, 7) is 3.20. The SMILES string of the molecule is CNc1cc(N2CCC3(CC2)OCCO3)ccc1C(=N)N1CCC(=O)NC1=O. The van der Waals surface area contributed by atoms with Crippen molar-refractivity contribution in [3.8, 4) is 0 Å². The highest BCUT2D eigenvalue weighted by Gasteiger charge is 2.40. The van der Waals surface area contributed by atoms with Crippen LogP contribution in [0.2, 0.25) is 0 Å². The number of benzene rings is 1. The molecule has 3 aliphatic heterocycles. The summed E-state index contributed by atoms with van der Waals surface area (Å²) in [5.74, 6) is -0.647. The average Bonchev–Trinajstić information content (AvgIpc) is 3.15. The zero-order valence-corrected chi connectivity index (χ0v) is 15.9. The molecule has 9 nitrogen and oxygen atoms in total. The van der Waals surface area contributed by atoms with Gasteiger partial charge >= 0.3 is 6.03 Å². The van der Waals surface area contributed by atoms with E-state index in [0.29, 0.717) is 18.8 Å². The van der Waals surface area contributed by atoms with Gasteiger partial charge in [-0.3, -0.25) is 20.4 Å². The molecule has 3 N–H and O–H groups in total. The second-order valence-corrected chi connectivity index (χ2v) is 7.18. The van der Waals surface area contributed by atoms with E-state index in [4.69, 9.17) is 14.9 Å². The zero-order valence-electron chi connectivity index (χ0n) is 15.9. The minimum absolute atomic E-state index is 0.0752. The monoisotopic (exact) mass is 387 g/mol. The second kappa shape index (κ2) is 7.40. The standard InChI is InChI=1S/C19H25N5O4/c1-21-15-12-13(23-8-5-19(6-9-23)27-10-11-28-19)2-3-14(15)17(20)24-7-4-16(25)22-18(24)26/h2-3,12,20-21H,4-11H2,1H3,(H,22,25,26). The molecule has 4 rings (SSSR count). The summed E-state index contributed by atoms with van der Waals surface area (Å²) in [5, 5.41) is 13.8. The number of hydrogen-bond acceptors (Lipinski definition) is 7. The molecule has 3 fully saturated rings. The number of ether oxygens (including phenoxy) is 2. The smallest absolute Gasteiger partial charge is 0.329 e. The second-order valence-electron chi connectivity index (χ2n) is 7.18. The number of rotatable bonds is 3. The van der Waals surface area contributed by atoms with E-state index in [1.807, 2.05) is 18.2 Å². The lowest BCUT2D eigenvalue weighted by atomic mass is 10.0. The Morgan fingerprint density at radius 1 is 1.18 bits per heavy atom. The van der Waals surface area contributed by atoms with Gasteiger partial charge in [-0.1, -0.05) is 0 Å². The van der Waals surface area contributed by atoms with Crippen molar-refractivity contribution in [2.45, 2.75) is 25.0 Å². The van der Waals surface area contributed by atoms with Gasteiger partial charge in [0, 0.05) is 62.9 Å². The number of amidine groups is 1. The van der Waals surface area contributed by atoms with E-state index < -0.39 is 11.8 Å². The highest BCUT2D eigenvalue weighted by molar-refractivity contribution is 6.12. The van der Waals surface area contributed by atoms with Crippen LogP contribution in [-0.2, 0) is 14.3 Å². The van der Waals surface area contributed by atoms with Crippen molar-refractivity contribution in [2.24, 2.45) is 0 Å². The molecule has 1 spiro atoms. The number of carbonyl (C=O) groups is 2. The van der Waals surface area contributed by atoms with Gasteiger partial charge < -0.3 is 19.7 Å². The Hall–Kier alpha value is -2.65. The van der Waals surface area contributed by atoms with Gasteiger partial charge in [-0.05, 0) is 18.2 Å². The predicted octanol–water partition coefficient (Wildman–Crippen LogP) is 1.34. The van der Waals surface area contributed by atoms with E-state index in [0.717, 1.165) is 37.3 Å². The lowest BCUT2D eigenvalue weighted by molar-refractivity contribution is -0.169. The molecule has 3 amide bonds. The third-order valence-electron chi connectivity index (χ3n) is 5.56. The highest BCUT2D eigenvalue weighted by Crippen LogP contribution is 2.34. The summed E-state index contributed by atoms with van der Waals surface area (Å²) in [6.07, 6.45) is 1.84. The number of nitrogens with one attached hydrogen (secondary N) is 3. The summed E-state index contributed by atoms with van der Waals surface area (Å²) >= 11 is 0. The fourth-order valence-corrected chi connectivity index (χ4v) is 3.96. The van der Waals surface area contributed by atoms with E-state index in [1.54, 1.807) is 7.05 Å². The molecule has 0 bridgehead atoms. The number of carbonyl (C=O) groups excluding carboxylic acids is 2. The van der Waals surface area contributed by atoms with E-state index in [-0.39, 0.29) is 24.7 Å². The van der Waals surface area contributed by atoms with Gasteiger partial charge in [0.05, 0.1) is 13.2 Å². The first-order chi connectivity index (χ1) is 13.5.